The van der Waals surface area contributed by atoms with Gasteiger partial charge in [-0.2, -0.15) is 0 Å². The van der Waals surface area contributed by atoms with Gasteiger partial charge in [0.25, 0.3) is 0 Å². The number of amides is 1. The van der Waals surface area contributed by atoms with Crippen molar-refractivity contribution in [3.8, 4) is 0 Å². The number of carbonyl (C=O) groups is 1. The zero-order valence-corrected chi connectivity index (χ0v) is 13.2. The summed E-state index contributed by atoms with van der Waals surface area (Å²) in [6.07, 6.45) is 5.37. The molecule has 1 aromatic carbocycles. The Bertz CT molecular complexity index is 710. The van der Waals surface area contributed by atoms with Crippen LogP contribution < -0.4 is 5.32 Å². The molecule has 1 amide bonds. The zero-order chi connectivity index (χ0) is 14.8. The molecule has 1 fully saturated rings. The zero-order valence-electron chi connectivity index (χ0n) is 10.8. The van der Waals surface area contributed by atoms with Crippen LogP contribution >= 0.6 is 34.5 Å². The molecule has 3 rings (SSSR count). The Hall–Kier alpha value is -1.43. The third kappa shape index (κ3) is 3.81. The maximum atomic E-state index is 11.8. The van der Waals surface area contributed by atoms with Crippen LogP contribution in [0.2, 0.25) is 10.0 Å². The number of aromatic nitrogens is 2. The first-order valence-corrected chi connectivity index (χ1v) is 7.96. The summed E-state index contributed by atoms with van der Waals surface area (Å²) in [5, 5.41) is 13.3. The van der Waals surface area contributed by atoms with Gasteiger partial charge in [0.15, 0.2) is 0 Å². The normalized spacial score (nSPS) is 14.6. The van der Waals surface area contributed by atoms with Crippen molar-refractivity contribution in [2.24, 2.45) is 0 Å². The van der Waals surface area contributed by atoms with Crippen molar-refractivity contribution in [2.75, 3.05) is 5.32 Å². The van der Waals surface area contributed by atoms with Crippen LogP contribution in [0.25, 0.3) is 6.08 Å². The van der Waals surface area contributed by atoms with Crippen LogP contribution in [0.15, 0.2) is 24.3 Å². The third-order valence-corrected chi connectivity index (χ3v) is 4.54. The Kier molecular flexibility index (Phi) is 4.24. The van der Waals surface area contributed by atoms with Gasteiger partial charge in [0, 0.05) is 22.0 Å². The van der Waals surface area contributed by atoms with Crippen LogP contribution in [-0.2, 0) is 4.79 Å². The van der Waals surface area contributed by atoms with Gasteiger partial charge in [0.2, 0.25) is 11.0 Å². The predicted molar refractivity (Wildman–Crippen MR) is 86.0 cm³/mol. The topological polar surface area (TPSA) is 54.9 Å². The second kappa shape index (κ2) is 6.13. The van der Waals surface area contributed by atoms with Crippen molar-refractivity contribution in [3.63, 3.8) is 0 Å². The standard InChI is InChI=1S/C14H11Cl2N3OS/c15-10-5-3-8(11(16)7-10)4-6-12(20)17-14-19-18-13(21-14)9-1-2-9/h3-7,9H,1-2H2,(H,17,19,20). The number of hydrogen-bond donors (Lipinski definition) is 1. The second-order valence-corrected chi connectivity index (χ2v) is 6.56. The first kappa shape index (κ1) is 14.5. The molecule has 4 nitrogen and oxygen atoms in total. The maximum absolute atomic E-state index is 11.8. The summed E-state index contributed by atoms with van der Waals surface area (Å²) in [6.45, 7) is 0. The summed E-state index contributed by atoms with van der Waals surface area (Å²) in [6, 6.07) is 5.11. The number of halogens is 2. The fourth-order valence-electron chi connectivity index (χ4n) is 1.73. The van der Waals surface area contributed by atoms with Crippen LogP contribution in [0.4, 0.5) is 5.13 Å². The summed E-state index contributed by atoms with van der Waals surface area (Å²) < 4.78 is 0. The lowest BCUT2D eigenvalue weighted by molar-refractivity contribution is -0.111. The van der Waals surface area contributed by atoms with Gasteiger partial charge in [0.1, 0.15) is 5.01 Å². The van der Waals surface area contributed by atoms with Crippen molar-refractivity contribution in [1.82, 2.24) is 10.2 Å². The van der Waals surface area contributed by atoms with Crippen molar-refractivity contribution in [1.29, 1.82) is 0 Å². The minimum atomic E-state index is -0.264. The highest BCUT2D eigenvalue weighted by molar-refractivity contribution is 7.15. The van der Waals surface area contributed by atoms with Gasteiger partial charge in [0.05, 0.1) is 0 Å². The van der Waals surface area contributed by atoms with Crippen LogP contribution in [0.3, 0.4) is 0 Å². The molecule has 7 heteroatoms. The monoisotopic (exact) mass is 339 g/mol. The van der Waals surface area contributed by atoms with E-state index in [1.54, 1.807) is 24.3 Å². The van der Waals surface area contributed by atoms with Crippen LogP contribution in [0.5, 0.6) is 0 Å². The number of rotatable bonds is 4. The van der Waals surface area contributed by atoms with E-state index in [2.05, 4.69) is 15.5 Å². The van der Waals surface area contributed by atoms with Gasteiger partial charge < -0.3 is 0 Å². The molecule has 1 aliphatic carbocycles. The van der Waals surface area contributed by atoms with Gasteiger partial charge >= 0.3 is 0 Å². The molecule has 0 spiro atoms. The third-order valence-electron chi connectivity index (χ3n) is 2.97. The first-order valence-electron chi connectivity index (χ1n) is 6.39. The predicted octanol–water partition coefficient (Wildman–Crippen LogP) is 4.37. The molecule has 0 bridgehead atoms. The van der Waals surface area contributed by atoms with Crippen LogP contribution in [0, 0.1) is 0 Å². The maximum Gasteiger partial charge on any atom is 0.250 e. The molecule has 0 aliphatic heterocycles. The van der Waals surface area contributed by atoms with Crippen LogP contribution in [0.1, 0.15) is 29.3 Å². The van der Waals surface area contributed by atoms with E-state index >= 15 is 0 Å². The highest BCUT2D eigenvalue weighted by atomic mass is 35.5. The van der Waals surface area contributed by atoms with Gasteiger partial charge in [-0.1, -0.05) is 40.6 Å². The Morgan fingerprint density at radius 2 is 2.14 bits per heavy atom. The molecule has 0 atom stereocenters. The van der Waals surface area contributed by atoms with Gasteiger partial charge in [-0.15, -0.1) is 10.2 Å². The van der Waals surface area contributed by atoms with Crippen molar-refractivity contribution < 1.29 is 4.79 Å². The molecule has 1 aliphatic rings. The summed E-state index contributed by atoms with van der Waals surface area (Å²) >= 11 is 13.3. The average Bonchev–Trinajstić information content (AvgIpc) is 3.19. The number of anilines is 1. The average molecular weight is 340 g/mol. The Morgan fingerprint density at radius 1 is 1.33 bits per heavy atom. The lowest BCUT2D eigenvalue weighted by Crippen LogP contribution is -2.07. The second-order valence-electron chi connectivity index (χ2n) is 4.71. The van der Waals surface area contributed by atoms with Gasteiger partial charge in [-0.25, -0.2) is 0 Å². The molecule has 1 heterocycles. The number of nitrogens with zero attached hydrogens (tertiary/aromatic N) is 2. The molecule has 0 saturated heterocycles. The summed E-state index contributed by atoms with van der Waals surface area (Å²) in [5.41, 5.74) is 0.729. The number of carbonyl (C=O) groups excluding carboxylic acids is 1. The van der Waals surface area contributed by atoms with E-state index in [9.17, 15) is 4.79 Å². The van der Waals surface area contributed by atoms with Crippen LogP contribution in [-0.4, -0.2) is 16.1 Å². The molecule has 0 unspecified atom stereocenters. The summed E-state index contributed by atoms with van der Waals surface area (Å²) in [7, 11) is 0. The largest absolute Gasteiger partial charge is 0.297 e. The van der Waals surface area contributed by atoms with E-state index in [1.807, 2.05) is 0 Å². The van der Waals surface area contributed by atoms with E-state index in [0.29, 0.717) is 21.1 Å². The Morgan fingerprint density at radius 3 is 2.86 bits per heavy atom. The minimum absolute atomic E-state index is 0.264. The molecule has 1 N–H and O–H groups in total. The number of nitrogens with one attached hydrogen (secondary N) is 1. The molecular weight excluding hydrogens is 329 g/mol. The first-order chi connectivity index (χ1) is 10.1. The molecular formula is C14H11Cl2N3OS. The highest BCUT2D eigenvalue weighted by Crippen LogP contribution is 2.42. The smallest absolute Gasteiger partial charge is 0.250 e. The van der Waals surface area contributed by atoms with Crippen molar-refractivity contribution in [3.05, 3.63) is 44.9 Å². The highest BCUT2D eigenvalue weighted by Gasteiger charge is 2.27. The van der Waals surface area contributed by atoms with Gasteiger partial charge in [-0.3, -0.25) is 10.1 Å². The van der Waals surface area contributed by atoms with E-state index < -0.39 is 0 Å². The van der Waals surface area contributed by atoms with E-state index in [-0.39, 0.29) is 5.91 Å². The van der Waals surface area contributed by atoms with Gasteiger partial charge in [-0.05, 0) is 36.6 Å². The fraction of sp³-hybridized carbons (Fsp3) is 0.214. The van der Waals surface area contributed by atoms with E-state index in [4.69, 9.17) is 23.2 Å². The quantitative estimate of drug-likeness (QED) is 0.841. The molecule has 1 saturated carbocycles. The summed E-state index contributed by atoms with van der Waals surface area (Å²) in [5.74, 6) is 0.274. The molecule has 21 heavy (non-hydrogen) atoms. The number of benzene rings is 1. The fourth-order valence-corrected chi connectivity index (χ4v) is 3.12. The lowest BCUT2D eigenvalue weighted by Gasteiger charge is -1.99. The lowest BCUT2D eigenvalue weighted by atomic mass is 10.2. The van der Waals surface area contributed by atoms with Crippen molar-refractivity contribution >= 4 is 51.7 Å². The Labute approximate surface area is 135 Å². The molecule has 108 valence electrons. The molecule has 1 aromatic heterocycles. The SMILES string of the molecule is O=C(C=Cc1ccc(Cl)cc1Cl)Nc1nnc(C2CC2)s1. The van der Waals surface area contributed by atoms with E-state index in [0.717, 1.165) is 23.4 Å². The molecule has 2 aromatic rings. The summed E-state index contributed by atoms with van der Waals surface area (Å²) in [4.78, 5) is 11.8. The van der Waals surface area contributed by atoms with E-state index in [1.165, 1.54) is 17.4 Å². The number of hydrogen-bond acceptors (Lipinski definition) is 4. The Balaban J connectivity index is 1.63. The van der Waals surface area contributed by atoms with Crippen molar-refractivity contribution in [2.45, 2.75) is 18.8 Å². The molecule has 0 radical (unpaired) electrons. The minimum Gasteiger partial charge on any atom is -0.297 e.